The van der Waals surface area contributed by atoms with Gasteiger partial charge in [-0.3, -0.25) is 0 Å². The minimum atomic E-state index is 0.430. The van der Waals surface area contributed by atoms with Gasteiger partial charge in [0.2, 0.25) is 0 Å². The summed E-state index contributed by atoms with van der Waals surface area (Å²) >= 11 is 0. The third kappa shape index (κ3) is 3.07. The van der Waals surface area contributed by atoms with Crippen molar-refractivity contribution in [3.05, 3.63) is 24.2 Å². The molecular formula is C9H16N2O. The second kappa shape index (κ2) is 4.95. The van der Waals surface area contributed by atoms with Gasteiger partial charge in [-0.15, -0.1) is 0 Å². The third-order valence-corrected chi connectivity index (χ3v) is 1.72. The molecule has 1 heterocycles. The minimum absolute atomic E-state index is 0.430. The van der Waals surface area contributed by atoms with Gasteiger partial charge in [-0.25, -0.2) is 0 Å². The Hall–Kier alpha value is -0.800. The molecule has 0 bridgehead atoms. The summed E-state index contributed by atoms with van der Waals surface area (Å²) in [6, 6.07) is 4.32. The maximum atomic E-state index is 5.36. The van der Waals surface area contributed by atoms with Gasteiger partial charge < -0.3 is 15.5 Å². The molecule has 1 aromatic heterocycles. The van der Waals surface area contributed by atoms with Crippen LogP contribution in [0.15, 0.2) is 22.8 Å². The molecule has 0 aromatic carbocycles. The quantitative estimate of drug-likeness (QED) is 0.682. The summed E-state index contributed by atoms with van der Waals surface area (Å²) in [7, 11) is 0. The molecule has 3 heteroatoms. The highest BCUT2D eigenvalue weighted by atomic mass is 16.3. The fourth-order valence-corrected chi connectivity index (χ4v) is 1.13. The Bertz CT molecular complexity index is 196. The Morgan fingerprint density at radius 2 is 2.50 bits per heavy atom. The van der Waals surface area contributed by atoms with Crippen molar-refractivity contribution >= 4 is 0 Å². The largest absolute Gasteiger partial charge is 0.469 e. The van der Waals surface area contributed by atoms with Gasteiger partial charge in [0.15, 0.2) is 0 Å². The average molecular weight is 168 g/mol. The van der Waals surface area contributed by atoms with Crippen molar-refractivity contribution in [3.8, 4) is 0 Å². The number of hydrogen-bond acceptors (Lipinski definition) is 3. The molecule has 3 N–H and O–H groups in total. The lowest BCUT2D eigenvalue weighted by molar-refractivity contribution is 0.460. The SMILES string of the molecule is CC(Cc1ccco1)NCCN. The molecule has 0 spiro atoms. The van der Waals surface area contributed by atoms with Crippen LogP contribution in [0.1, 0.15) is 12.7 Å². The lowest BCUT2D eigenvalue weighted by atomic mass is 10.2. The van der Waals surface area contributed by atoms with Crippen LogP contribution in [0.3, 0.4) is 0 Å². The first-order valence-electron chi connectivity index (χ1n) is 4.28. The molecule has 0 aliphatic rings. The lowest BCUT2D eigenvalue weighted by Gasteiger charge is -2.10. The summed E-state index contributed by atoms with van der Waals surface area (Å²) in [5, 5.41) is 3.29. The summed E-state index contributed by atoms with van der Waals surface area (Å²) in [6.45, 7) is 3.67. The maximum absolute atomic E-state index is 5.36. The average Bonchev–Trinajstić information content (AvgIpc) is 2.53. The number of hydrogen-bond donors (Lipinski definition) is 2. The molecule has 1 aromatic rings. The molecule has 1 unspecified atom stereocenters. The predicted molar refractivity (Wildman–Crippen MR) is 48.9 cm³/mol. The fourth-order valence-electron chi connectivity index (χ4n) is 1.13. The Balaban J connectivity index is 2.22. The van der Waals surface area contributed by atoms with Crippen molar-refractivity contribution < 1.29 is 4.42 Å². The summed E-state index contributed by atoms with van der Waals surface area (Å²) < 4.78 is 5.21. The topological polar surface area (TPSA) is 51.2 Å². The zero-order valence-electron chi connectivity index (χ0n) is 7.42. The van der Waals surface area contributed by atoms with Crippen molar-refractivity contribution in [2.75, 3.05) is 13.1 Å². The van der Waals surface area contributed by atoms with E-state index in [1.54, 1.807) is 6.26 Å². The van der Waals surface area contributed by atoms with Crippen LogP contribution in [0.25, 0.3) is 0 Å². The van der Waals surface area contributed by atoms with Crippen LogP contribution in [0.2, 0.25) is 0 Å². The molecule has 1 rings (SSSR count). The first kappa shape index (κ1) is 9.29. The third-order valence-electron chi connectivity index (χ3n) is 1.72. The van der Waals surface area contributed by atoms with Crippen molar-refractivity contribution in [3.63, 3.8) is 0 Å². The highest BCUT2D eigenvalue weighted by molar-refractivity contribution is 4.99. The van der Waals surface area contributed by atoms with E-state index in [2.05, 4.69) is 12.2 Å². The van der Waals surface area contributed by atoms with E-state index in [9.17, 15) is 0 Å². The molecule has 0 fully saturated rings. The Kier molecular flexibility index (Phi) is 3.84. The summed E-state index contributed by atoms with van der Waals surface area (Å²) in [6.07, 6.45) is 2.62. The van der Waals surface area contributed by atoms with Crippen LogP contribution >= 0.6 is 0 Å². The fraction of sp³-hybridized carbons (Fsp3) is 0.556. The van der Waals surface area contributed by atoms with Crippen LogP contribution < -0.4 is 11.1 Å². The first-order valence-corrected chi connectivity index (χ1v) is 4.28. The summed E-state index contributed by atoms with van der Waals surface area (Å²) in [5.41, 5.74) is 5.36. The number of furan rings is 1. The van der Waals surface area contributed by atoms with E-state index in [0.717, 1.165) is 18.7 Å². The number of rotatable bonds is 5. The summed E-state index contributed by atoms with van der Waals surface area (Å²) in [5.74, 6) is 1.02. The standard InChI is InChI=1S/C9H16N2O/c1-8(11-5-4-10)7-9-3-2-6-12-9/h2-3,6,8,11H,4-5,7,10H2,1H3. The van der Waals surface area contributed by atoms with E-state index in [4.69, 9.17) is 10.2 Å². The van der Waals surface area contributed by atoms with Gasteiger partial charge in [-0.05, 0) is 19.1 Å². The van der Waals surface area contributed by atoms with E-state index in [-0.39, 0.29) is 0 Å². The monoisotopic (exact) mass is 168 g/mol. The molecule has 68 valence electrons. The van der Waals surface area contributed by atoms with Crippen LogP contribution in [0.5, 0.6) is 0 Å². The molecule has 0 saturated carbocycles. The normalized spacial score (nSPS) is 13.2. The van der Waals surface area contributed by atoms with E-state index in [1.165, 1.54) is 0 Å². The summed E-state index contributed by atoms with van der Waals surface area (Å²) in [4.78, 5) is 0. The molecule has 0 aliphatic heterocycles. The highest BCUT2D eigenvalue weighted by Gasteiger charge is 2.03. The molecule has 3 nitrogen and oxygen atoms in total. The lowest BCUT2D eigenvalue weighted by Crippen LogP contribution is -2.32. The smallest absolute Gasteiger partial charge is 0.105 e. The molecule has 0 amide bonds. The maximum Gasteiger partial charge on any atom is 0.105 e. The van der Waals surface area contributed by atoms with Gasteiger partial charge >= 0.3 is 0 Å². The molecule has 0 radical (unpaired) electrons. The number of nitrogens with one attached hydrogen (secondary N) is 1. The van der Waals surface area contributed by atoms with Crippen molar-refractivity contribution in [2.45, 2.75) is 19.4 Å². The van der Waals surface area contributed by atoms with Gasteiger partial charge in [0.05, 0.1) is 6.26 Å². The minimum Gasteiger partial charge on any atom is -0.469 e. The van der Waals surface area contributed by atoms with E-state index in [0.29, 0.717) is 12.6 Å². The Morgan fingerprint density at radius 3 is 3.08 bits per heavy atom. The van der Waals surface area contributed by atoms with Gasteiger partial charge in [0.25, 0.3) is 0 Å². The van der Waals surface area contributed by atoms with E-state index >= 15 is 0 Å². The van der Waals surface area contributed by atoms with Crippen LogP contribution in [0.4, 0.5) is 0 Å². The Labute approximate surface area is 72.9 Å². The molecule has 12 heavy (non-hydrogen) atoms. The van der Waals surface area contributed by atoms with Gasteiger partial charge in [-0.2, -0.15) is 0 Å². The van der Waals surface area contributed by atoms with Crippen LogP contribution in [-0.4, -0.2) is 19.1 Å². The van der Waals surface area contributed by atoms with Crippen LogP contribution in [0, 0.1) is 0 Å². The van der Waals surface area contributed by atoms with Gasteiger partial charge in [0.1, 0.15) is 5.76 Å². The highest BCUT2D eigenvalue weighted by Crippen LogP contribution is 2.03. The predicted octanol–water partition coefficient (Wildman–Crippen LogP) is 0.759. The first-order chi connectivity index (χ1) is 5.83. The van der Waals surface area contributed by atoms with Crippen LogP contribution in [-0.2, 0) is 6.42 Å². The molecular weight excluding hydrogens is 152 g/mol. The van der Waals surface area contributed by atoms with E-state index < -0.39 is 0 Å². The second-order valence-corrected chi connectivity index (χ2v) is 2.93. The molecule has 0 saturated heterocycles. The van der Waals surface area contributed by atoms with Gasteiger partial charge in [0, 0.05) is 25.6 Å². The second-order valence-electron chi connectivity index (χ2n) is 2.93. The Morgan fingerprint density at radius 1 is 1.67 bits per heavy atom. The molecule has 1 atom stereocenters. The van der Waals surface area contributed by atoms with Crippen molar-refractivity contribution in [1.82, 2.24) is 5.32 Å². The van der Waals surface area contributed by atoms with E-state index in [1.807, 2.05) is 12.1 Å². The zero-order chi connectivity index (χ0) is 8.81. The van der Waals surface area contributed by atoms with Crippen molar-refractivity contribution in [2.24, 2.45) is 5.73 Å². The number of nitrogens with two attached hydrogens (primary N) is 1. The molecule has 0 aliphatic carbocycles. The zero-order valence-corrected chi connectivity index (χ0v) is 7.42. The van der Waals surface area contributed by atoms with Crippen molar-refractivity contribution in [1.29, 1.82) is 0 Å². The van der Waals surface area contributed by atoms with Gasteiger partial charge in [-0.1, -0.05) is 0 Å².